The number of rotatable bonds is 4. The molecule has 0 radical (unpaired) electrons. The molecule has 0 bridgehead atoms. The van der Waals surface area contributed by atoms with Crippen molar-refractivity contribution >= 4 is 28.6 Å². The standard InChI is InChI=1S/C19H18N2O2S2/c1-23-17-3-2-13-4-6-21(10-15(13)8-17)18(22)9-16-12-25-19(20-16)14-5-7-24-11-14/h2-3,5,7-8,11-12H,4,6,9-10H2,1H3. The lowest BCUT2D eigenvalue weighted by Gasteiger charge is -2.29. The summed E-state index contributed by atoms with van der Waals surface area (Å²) in [5.74, 6) is 0.976. The molecule has 0 unspecified atom stereocenters. The molecule has 3 heterocycles. The second-order valence-electron chi connectivity index (χ2n) is 6.03. The van der Waals surface area contributed by atoms with Crippen LogP contribution in [0.2, 0.25) is 0 Å². The summed E-state index contributed by atoms with van der Waals surface area (Å²) in [6.07, 6.45) is 1.25. The highest BCUT2D eigenvalue weighted by Crippen LogP contribution is 2.27. The maximum Gasteiger partial charge on any atom is 0.228 e. The Hall–Kier alpha value is -2.18. The van der Waals surface area contributed by atoms with E-state index in [1.165, 1.54) is 11.1 Å². The summed E-state index contributed by atoms with van der Waals surface area (Å²) in [6, 6.07) is 8.18. The number of thiophene rings is 1. The first-order chi connectivity index (χ1) is 12.2. The van der Waals surface area contributed by atoms with Gasteiger partial charge in [-0.1, -0.05) is 6.07 Å². The van der Waals surface area contributed by atoms with Gasteiger partial charge in [0.1, 0.15) is 10.8 Å². The van der Waals surface area contributed by atoms with Crippen LogP contribution in [0.25, 0.3) is 10.6 Å². The number of thiazole rings is 1. The number of carbonyl (C=O) groups is 1. The topological polar surface area (TPSA) is 42.4 Å². The van der Waals surface area contributed by atoms with E-state index in [1.54, 1.807) is 29.8 Å². The first-order valence-electron chi connectivity index (χ1n) is 8.13. The number of carbonyl (C=O) groups excluding carboxylic acids is 1. The smallest absolute Gasteiger partial charge is 0.228 e. The number of aromatic nitrogens is 1. The molecule has 0 saturated heterocycles. The van der Waals surface area contributed by atoms with Gasteiger partial charge in [0.25, 0.3) is 0 Å². The lowest BCUT2D eigenvalue weighted by molar-refractivity contribution is -0.131. The van der Waals surface area contributed by atoms with Gasteiger partial charge in [0.15, 0.2) is 0 Å². The normalized spacial score (nSPS) is 13.6. The second kappa shape index (κ2) is 6.98. The molecular formula is C19H18N2O2S2. The number of ether oxygens (including phenoxy) is 1. The van der Waals surface area contributed by atoms with E-state index in [-0.39, 0.29) is 5.91 Å². The average molecular weight is 370 g/mol. The van der Waals surface area contributed by atoms with Crippen molar-refractivity contribution in [2.24, 2.45) is 0 Å². The van der Waals surface area contributed by atoms with Gasteiger partial charge in [0.05, 0.1) is 19.2 Å². The highest BCUT2D eigenvalue weighted by atomic mass is 32.1. The fourth-order valence-electron chi connectivity index (χ4n) is 3.05. The summed E-state index contributed by atoms with van der Waals surface area (Å²) in [5.41, 5.74) is 4.47. The molecule has 0 N–H and O–H groups in total. The first-order valence-corrected chi connectivity index (χ1v) is 9.96. The van der Waals surface area contributed by atoms with Gasteiger partial charge in [-0.3, -0.25) is 4.79 Å². The van der Waals surface area contributed by atoms with E-state index in [1.807, 2.05) is 27.8 Å². The van der Waals surface area contributed by atoms with Gasteiger partial charge in [0, 0.05) is 29.4 Å². The van der Waals surface area contributed by atoms with Crippen molar-refractivity contribution in [3.05, 3.63) is 57.2 Å². The molecule has 0 saturated carbocycles. The van der Waals surface area contributed by atoms with Crippen LogP contribution in [-0.4, -0.2) is 29.4 Å². The number of hydrogen-bond acceptors (Lipinski definition) is 5. The van der Waals surface area contributed by atoms with Crippen LogP contribution in [0.15, 0.2) is 40.4 Å². The van der Waals surface area contributed by atoms with E-state index in [2.05, 4.69) is 22.5 Å². The molecule has 128 valence electrons. The van der Waals surface area contributed by atoms with E-state index in [0.717, 1.165) is 35.0 Å². The monoisotopic (exact) mass is 370 g/mol. The minimum atomic E-state index is 0.135. The van der Waals surface area contributed by atoms with Crippen LogP contribution in [0.1, 0.15) is 16.8 Å². The molecular weight excluding hydrogens is 352 g/mol. The molecule has 1 amide bonds. The summed E-state index contributed by atoms with van der Waals surface area (Å²) in [6.45, 7) is 1.41. The number of amides is 1. The van der Waals surface area contributed by atoms with Crippen LogP contribution in [-0.2, 0) is 24.2 Å². The Bertz CT molecular complexity index is 887. The third-order valence-electron chi connectivity index (χ3n) is 4.43. The quantitative estimate of drug-likeness (QED) is 0.697. The van der Waals surface area contributed by atoms with Crippen molar-refractivity contribution in [2.45, 2.75) is 19.4 Å². The summed E-state index contributed by atoms with van der Waals surface area (Å²) >= 11 is 3.26. The van der Waals surface area contributed by atoms with Crippen LogP contribution in [0, 0.1) is 0 Å². The zero-order chi connectivity index (χ0) is 17.2. The maximum atomic E-state index is 12.7. The molecule has 1 aromatic carbocycles. The minimum Gasteiger partial charge on any atom is -0.497 e. The number of methoxy groups -OCH3 is 1. The van der Waals surface area contributed by atoms with E-state index in [9.17, 15) is 4.79 Å². The van der Waals surface area contributed by atoms with Crippen LogP contribution >= 0.6 is 22.7 Å². The summed E-state index contributed by atoms with van der Waals surface area (Å²) in [4.78, 5) is 19.2. The largest absolute Gasteiger partial charge is 0.497 e. The predicted octanol–water partition coefficient (Wildman–Crippen LogP) is 4.01. The second-order valence-corrected chi connectivity index (χ2v) is 7.67. The Balaban J connectivity index is 1.45. The van der Waals surface area contributed by atoms with Crippen LogP contribution < -0.4 is 4.74 Å². The molecule has 0 spiro atoms. The Labute approximate surface area is 154 Å². The summed E-state index contributed by atoms with van der Waals surface area (Å²) in [5, 5.41) is 7.10. The Morgan fingerprint density at radius 1 is 1.28 bits per heavy atom. The summed E-state index contributed by atoms with van der Waals surface area (Å²) < 4.78 is 5.30. The Morgan fingerprint density at radius 2 is 2.20 bits per heavy atom. The highest BCUT2D eigenvalue weighted by molar-refractivity contribution is 7.14. The van der Waals surface area contributed by atoms with Gasteiger partial charge in [0.2, 0.25) is 5.91 Å². The van der Waals surface area contributed by atoms with E-state index in [4.69, 9.17) is 4.74 Å². The van der Waals surface area contributed by atoms with Crippen molar-refractivity contribution in [3.8, 4) is 16.3 Å². The van der Waals surface area contributed by atoms with Gasteiger partial charge < -0.3 is 9.64 Å². The Morgan fingerprint density at radius 3 is 3.00 bits per heavy atom. The van der Waals surface area contributed by atoms with Crippen LogP contribution in [0.4, 0.5) is 0 Å². The van der Waals surface area contributed by atoms with E-state index < -0.39 is 0 Å². The third-order valence-corrected chi connectivity index (χ3v) is 6.05. The number of hydrogen-bond donors (Lipinski definition) is 0. The molecule has 6 heteroatoms. The minimum absolute atomic E-state index is 0.135. The predicted molar refractivity (Wildman–Crippen MR) is 101 cm³/mol. The molecule has 0 fully saturated rings. The Kier molecular flexibility index (Phi) is 4.55. The maximum absolute atomic E-state index is 12.7. The SMILES string of the molecule is COc1ccc2c(c1)CN(C(=O)Cc1csc(-c3ccsc3)n1)CC2. The molecule has 1 aliphatic heterocycles. The zero-order valence-electron chi connectivity index (χ0n) is 13.9. The summed E-state index contributed by atoms with van der Waals surface area (Å²) in [7, 11) is 1.67. The molecule has 4 rings (SSSR count). The van der Waals surface area contributed by atoms with Crippen molar-refractivity contribution in [3.63, 3.8) is 0 Å². The third kappa shape index (κ3) is 3.45. The average Bonchev–Trinajstić information content (AvgIpc) is 3.32. The zero-order valence-corrected chi connectivity index (χ0v) is 15.5. The molecule has 3 aromatic rings. The van der Waals surface area contributed by atoms with Crippen molar-refractivity contribution in [2.75, 3.05) is 13.7 Å². The molecule has 0 atom stereocenters. The highest BCUT2D eigenvalue weighted by Gasteiger charge is 2.22. The molecule has 0 aliphatic carbocycles. The fourth-order valence-corrected chi connectivity index (χ4v) is 4.58. The van der Waals surface area contributed by atoms with E-state index >= 15 is 0 Å². The lowest BCUT2D eigenvalue weighted by atomic mass is 9.99. The fraction of sp³-hybridized carbons (Fsp3) is 0.263. The van der Waals surface area contributed by atoms with Crippen LogP contribution in [0.5, 0.6) is 5.75 Å². The van der Waals surface area contributed by atoms with Crippen molar-refractivity contribution in [1.82, 2.24) is 9.88 Å². The molecule has 2 aromatic heterocycles. The van der Waals surface area contributed by atoms with Gasteiger partial charge in [-0.15, -0.1) is 11.3 Å². The van der Waals surface area contributed by atoms with Crippen molar-refractivity contribution < 1.29 is 9.53 Å². The first kappa shape index (κ1) is 16.3. The molecule has 1 aliphatic rings. The van der Waals surface area contributed by atoms with Crippen molar-refractivity contribution in [1.29, 1.82) is 0 Å². The van der Waals surface area contributed by atoms with Gasteiger partial charge in [-0.05, 0) is 41.1 Å². The van der Waals surface area contributed by atoms with Gasteiger partial charge in [-0.25, -0.2) is 4.98 Å². The number of benzene rings is 1. The van der Waals surface area contributed by atoms with Crippen LogP contribution in [0.3, 0.4) is 0 Å². The van der Waals surface area contributed by atoms with E-state index in [0.29, 0.717) is 13.0 Å². The molecule has 4 nitrogen and oxygen atoms in total. The lowest BCUT2D eigenvalue weighted by Crippen LogP contribution is -2.37. The van der Waals surface area contributed by atoms with Gasteiger partial charge in [-0.2, -0.15) is 11.3 Å². The molecule has 25 heavy (non-hydrogen) atoms. The number of fused-ring (bicyclic) bond motifs is 1. The number of nitrogens with zero attached hydrogens (tertiary/aromatic N) is 2. The van der Waals surface area contributed by atoms with Gasteiger partial charge >= 0.3 is 0 Å².